The number of likely N-dealkylation sites (tertiary alicyclic amines) is 1. The summed E-state index contributed by atoms with van der Waals surface area (Å²) < 4.78 is 2.69. The highest BCUT2D eigenvalue weighted by molar-refractivity contribution is 7.19. The molecule has 0 N–H and O–H groups in total. The van der Waals surface area contributed by atoms with E-state index in [0.29, 0.717) is 6.54 Å². The average molecular weight is 458 g/mol. The fourth-order valence-corrected chi connectivity index (χ4v) is 5.82. The SMILES string of the molecule is Cc1cccc(-c2ccc(-c3nc4c(C)c(C)sc4c(=O)n3CCN3CCCCC3)cc2)c1. The summed E-state index contributed by atoms with van der Waals surface area (Å²) in [5.41, 5.74) is 6.69. The smallest absolute Gasteiger partial charge is 0.271 e. The van der Waals surface area contributed by atoms with E-state index in [9.17, 15) is 4.79 Å². The number of aromatic nitrogens is 2. The molecule has 5 heteroatoms. The summed E-state index contributed by atoms with van der Waals surface area (Å²) in [5, 5.41) is 0. The molecule has 0 bridgehead atoms. The van der Waals surface area contributed by atoms with Gasteiger partial charge in [0.2, 0.25) is 0 Å². The normalized spacial score (nSPS) is 14.8. The molecule has 0 spiro atoms. The van der Waals surface area contributed by atoms with Gasteiger partial charge < -0.3 is 4.90 Å². The fourth-order valence-electron chi connectivity index (χ4n) is 4.77. The highest BCUT2D eigenvalue weighted by atomic mass is 32.1. The summed E-state index contributed by atoms with van der Waals surface area (Å²) >= 11 is 1.58. The van der Waals surface area contributed by atoms with E-state index in [0.717, 1.165) is 46.8 Å². The molecular weight excluding hydrogens is 426 g/mol. The van der Waals surface area contributed by atoms with E-state index in [1.807, 2.05) is 4.57 Å². The van der Waals surface area contributed by atoms with Crippen molar-refractivity contribution in [3.8, 4) is 22.5 Å². The molecule has 3 heterocycles. The molecule has 4 nitrogen and oxygen atoms in total. The Balaban J connectivity index is 1.56. The first-order valence-electron chi connectivity index (χ1n) is 11.9. The van der Waals surface area contributed by atoms with Crippen LogP contribution < -0.4 is 5.56 Å². The summed E-state index contributed by atoms with van der Waals surface area (Å²) in [7, 11) is 0. The molecule has 0 saturated carbocycles. The van der Waals surface area contributed by atoms with Crippen LogP contribution >= 0.6 is 11.3 Å². The van der Waals surface area contributed by atoms with Crippen molar-refractivity contribution in [1.82, 2.24) is 14.5 Å². The van der Waals surface area contributed by atoms with Gasteiger partial charge in [0.1, 0.15) is 10.5 Å². The Kier molecular flexibility index (Phi) is 6.17. The van der Waals surface area contributed by atoms with Crippen molar-refractivity contribution in [3.05, 3.63) is 74.9 Å². The summed E-state index contributed by atoms with van der Waals surface area (Å²) in [5.74, 6) is 0.779. The van der Waals surface area contributed by atoms with Crippen molar-refractivity contribution in [3.63, 3.8) is 0 Å². The molecule has 170 valence electrons. The summed E-state index contributed by atoms with van der Waals surface area (Å²) in [6, 6.07) is 17.0. The zero-order valence-corrected chi connectivity index (χ0v) is 20.5. The lowest BCUT2D eigenvalue weighted by Gasteiger charge is -2.27. The van der Waals surface area contributed by atoms with Crippen LogP contribution in [0.3, 0.4) is 0 Å². The Bertz CT molecular complexity index is 1340. The molecular formula is C28H31N3OS. The summed E-state index contributed by atoms with van der Waals surface area (Å²) in [6.07, 6.45) is 3.82. The maximum absolute atomic E-state index is 13.6. The predicted molar refractivity (Wildman–Crippen MR) is 139 cm³/mol. The number of piperidine rings is 1. The molecule has 1 aliphatic heterocycles. The fraction of sp³-hybridized carbons (Fsp3) is 0.357. The lowest BCUT2D eigenvalue weighted by molar-refractivity contribution is 0.220. The van der Waals surface area contributed by atoms with Crippen LogP contribution in [0.15, 0.2) is 53.3 Å². The first kappa shape index (κ1) is 22.1. The van der Waals surface area contributed by atoms with Crippen LogP contribution in [0.4, 0.5) is 0 Å². The quantitative estimate of drug-likeness (QED) is 0.358. The van der Waals surface area contributed by atoms with Crippen molar-refractivity contribution in [2.75, 3.05) is 19.6 Å². The average Bonchev–Trinajstić information content (AvgIpc) is 3.13. The molecule has 1 aliphatic rings. The van der Waals surface area contributed by atoms with E-state index in [-0.39, 0.29) is 5.56 Å². The number of benzene rings is 2. The number of hydrogen-bond donors (Lipinski definition) is 0. The second kappa shape index (κ2) is 9.24. The minimum Gasteiger partial charge on any atom is -0.302 e. The topological polar surface area (TPSA) is 38.1 Å². The molecule has 1 fully saturated rings. The van der Waals surface area contributed by atoms with Crippen molar-refractivity contribution in [2.45, 2.75) is 46.6 Å². The highest BCUT2D eigenvalue weighted by Crippen LogP contribution is 2.30. The molecule has 5 rings (SSSR count). The molecule has 2 aromatic carbocycles. The standard InChI is InChI=1S/C28H31N3OS/c1-19-8-7-9-24(18-19)22-10-12-23(13-11-22)27-29-25-20(2)21(3)33-26(25)28(32)31(27)17-16-30-14-5-4-6-15-30/h7-13,18H,4-6,14-17H2,1-3H3. The molecule has 0 atom stereocenters. The number of nitrogens with zero attached hydrogens (tertiary/aromatic N) is 3. The van der Waals surface area contributed by atoms with Crippen LogP contribution in [0, 0.1) is 20.8 Å². The molecule has 0 aliphatic carbocycles. The third kappa shape index (κ3) is 4.40. The second-order valence-corrected chi connectivity index (χ2v) is 10.4. The maximum atomic E-state index is 13.6. The molecule has 0 unspecified atom stereocenters. The lowest BCUT2D eigenvalue weighted by atomic mass is 10.0. The zero-order valence-electron chi connectivity index (χ0n) is 19.7. The monoisotopic (exact) mass is 457 g/mol. The predicted octanol–water partition coefficient (Wildman–Crippen LogP) is 6.20. The molecule has 0 amide bonds. The Morgan fingerprint density at radius 2 is 1.61 bits per heavy atom. The van der Waals surface area contributed by atoms with Gasteiger partial charge in [-0.2, -0.15) is 0 Å². The number of fused-ring (bicyclic) bond motifs is 1. The van der Waals surface area contributed by atoms with Gasteiger partial charge in [-0.15, -0.1) is 11.3 Å². The van der Waals surface area contributed by atoms with Crippen LogP contribution in [-0.4, -0.2) is 34.1 Å². The van der Waals surface area contributed by atoms with Crippen molar-refractivity contribution < 1.29 is 0 Å². The minimum atomic E-state index is 0.0935. The van der Waals surface area contributed by atoms with E-state index in [2.05, 4.69) is 74.2 Å². The van der Waals surface area contributed by atoms with Crippen molar-refractivity contribution >= 4 is 21.6 Å². The van der Waals surface area contributed by atoms with Gasteiger partial charge in [-0.3, -0.25) is 9.36 Å². The minimum absolute atomic E-state index is 0.0935. The Morgan fingerprint density at radius 3 is 2.33 bits per heavy atom. The van der Waals surface area contributed by atoms with E-state index < -0.39 is 0 Å². The van der Waals surface area contributed by atoms with Gasteiger partial charge in [-0.1, -0.05) is 60.5 Å². The van der Waals surface area contributed by atoms with Crippen molar-refractivity contribution in [1.29, 1.82) is 0 Å². The zero-order chi connectivity index (χ0) is 22.9. The second-order valence-electron chi connectivity index (χ2n) is 9.20. The third-order valence-electron chi connectivity index (χ3n) is 6.85. The molecule has 4 aromatic rings. The van der Waals surface area contributed by atoms with Crippen LogP contribution in [0.25, 0.3) is 32.7 Å². The molecule has 0 radical (unpaired) electrons. The van der Waals surface area contributed by atoms with E-state index in [1.165, 1.54) is 40.8 Å². The summed E-state index contributed by atoms with van der Waals surface area (Å²) in [4.78, 5) is 22.3. The number of aryl methyl sites for hydroxylation is 3. The lowest BCUT2D eigenvalue weighted by Crippen LogP contribution is -2.35. The van der Waals surface area contributed by atoms with Gasteiger partial charge in [0.25, 0.3) is 5.56 Å². The number of thiophene rings is 1. The first-order chi connectivity index (χ1) is 16.0. The largest absolute Gasteiger partial charge is 0.302 e. The van der Waals surface area contributed by atoms with Crippen LogP contribution in [0.5, 0.6) is 0 Å². The van der Waals surface area contributed by atoms with E-state index in [4.69, 9.17) is 4.98 Å². The van der Waals surface area contributed by atoms with Gasteiger partial charge >= 0.3 is 0 Å². The molecule has 33 heavy (non-hydrogen) atoms. The highest BCUT2D eigenvalue weighted by Gasteiger charge is 2.19. The Labute approximate surface area is 199 Å². The van der Waals surface area contributed by atoms with Crippen molar-refractivity contribution in [2.24, 2.45) is 0 Å². The van der Waals surface area contributed by atoms with Gasteiger partial charge in [0, 0.05) is 23.5 Å². The number of rotatable bonds is 5. The van der Waals surface area contributed by atoms with Crippen LogP contribution in [-0.2, 0) is 6.54 Å². The van der Waals surface area contributed by atoms with Crippen LogP contribution in [0.1, 0.15) is 35.3 Å². The Hall–Kier alpha value is -2.76. The van der Waals surface area contributed by atoms with E-state index >= 15 is 0 Å². The Morgan fingerprint density at radius 1 is 0.879 bits per heavy atom. The molecule has 2 aromatic heterocycles. The molecule has 1 saturated heterocycles. The summed E-state index contributed by atoms with van der Waals surface area (Å²) in [6.45, 7) is 10.1. The van der Waals surface area contributed by atoms with Gasteiger partial charge in [-0.25, -0.2) is 4.98 Å². The first-order valence-corrected chi connectivity index (χ1v) is 12.7. The number of hydrogen-bond acceptors (Lipinski definition) is 4. The third-order valence-corrected chi connectivity index (χ3v) is 8.03. The van der Waals surface area contributed by atoms with Gasteiger partial charge in [-0.05, 0) is 63.4 Å². The van der Waals surface area contributed by atoms with Crippen LogP contribution in [0.2, 0.25) is 0 Å². The maximum Gasteiger partial charge on any atom is 0.271 e. The van der Waals surface area contributed by atoms with E-state index in [1.54, 1.807) is 11.3 Å². The van der Waals surface area contributed by atoms with Gasteiger partial charge in [0.05, 0.1) is 5.52 Å². The van der Waals surface area contributed by atoms with Gasteiger partial charge in [0.15, 0.2) is 0 Å².